The van der Waals surface area contributed by atoms with E-state index in [2.05, 4.69) is 24.1 Å². The van der Waals surface area contributed by atoms with Gasteiger partial charge in [-0.05, 0) is 75.6 Å². The average Bonchev–Trinajstić information content (AvgIpc) is 2.82. The van der Waals surface area contributed by atoms with Crippen LogP contribution in [0.3, 0.4) is 0 Å². The van der Waals surface area contributed by atoms with Gasteiger partial charge in [0.1, 0.15) is 0 Å². The highest BCUT2D eigenvalue weighted by molar-refractivity contribution is 7.89. The molecule has 2 rings (SSSR count). The van der Waals surface area contributed by atoms with Gasteiger partial charge in [-0.25, -0.2) is 8.42 Å². The minimum atomic E-state index is -3.75. The van der Waals surface area contributed by atoms with E-state index in [1.54, 1.807) is 12.1 Å². The summed E-state index contributed by atoms with van der Waals surface area (Å²) in [5.74, 6) is -0.133. The number of sulfonamides is 1. The minimum Gasteiger partial charge on any atom is -0.354 e. The molecule has 0 aliphatic carbocycles. The van der Waals surface area contributed by atoms with Gasteiger partial charge in [-0.1, -0.05) is 55.8 Å². The highest BCUT2D eigenvalue weighted by Crippen LogP contribution is 2.19. The molecule has 0 saturated carbocycles. The minimum absolute atomic E-state index is 0.0497. The van der Waals surface area contributed by atoms with E-state index in [0.717, 1.165) is 38.0 Å². The van der Waals surface area contributed by atoms with Gasteiger partial charge < -0.3 is 10.2 Å². The molecule has 0 aromatic heterocycles. The molecule has 8 heteroatoms. The molecule has 0 radical (unpaired) electrons. The predicted molar refractivity (Wildman–Crippen MR) is 140 cm³/mol. The van der Waals surface area contributed by atoms with Gasteiger partial charge in [0.25, 0.3) is 0 Å². The standard InChI is InChI=1S/C26H38ClN3O3S/c1-4-29(5-2)19-9-10-22(3)28-26(31)18-21-30(20-17-23-11-7-6-8-12-23)34(32,33)25-15-13-24(27)14-16-25/h6-8,11-16,22H,4-5,9-10,17-21H2,1-3H3,(H,28,31). The number of amides is 1. The lowest BCUT2D eigenvalue weighted by atomic mass is 10.1. The summed E-state index contributed by atoms with van der Waals surface area (Å²) < 4.78 is 28.0. The van der Waals surface area contributed by atoms with Crippen molar-refractivity contribution in [2.45, 2.75) is 57.4 Å². The third-order valence-corrected chi connectivity index (χ3v) is 8.11. The lowest BCUT2D eigenvalue weighted by Gasteiger charge is -2.23. The van der Waals surface area contributed by atoms with Crippen LogP contribution in [0.15, 0.2) is 59.5 Å². The molecule has 1 amide bonds. The molecule has 34 heavy (non-hydrogen) atoms. The van der Waals surface area contributed by atoms with E-state index in [1.807, 2.05) is 37.3 Å². The number of nitrogens with zero attached hydrogens (tertiary/aromatic N) is 2. The summed E-state index contributed by atoms with van der Waals surface area (Å²) in [6.45, 7) is 9.78. The molecular weight excluding hydrogens is 470 g/mol. The van der Waals surface area contributed by atoms with Gasteiger partial charge >= 0.3 is 0 Å². The van der Waals surface area contributed by atoms with Crippen molar-refractivity contribution in [2.24, 2.45) is 0 Å². The van der Waals surface area contributed by atoms with Crippen molar-refractivity contribution in [2.75, 3.05) is 32.7 Å². The highest BCUT2D eigenvalue weighted by atomic mass is 35.5. The first-order valence-electron chi connectivity index (χ1n) is 12.1. The van der Waals surface area contributed by atoms with E-state index in [9.17, 15) is 13.2 Å². The molecule has 0 fully saturated rings. The van der Waals surface area contributed by atoms with Gasteiger partial charge in [0.15, 0.2) is 0 Å². The molecule has 0 spiro atoms. The van der Waals surface area contributed by atoms with Crippen LogP contribution < -0.4 is 5.32 Å². The summed E-state index contributed by atoms with van der Waals surface area (Å²) in [4.78, 5) is 15.1. The van der Waals surface area contributed by atoms with Gasteiger partial charge in [-0.15, -0.1) is 0 Å². The molecule has 188 valence electrons. The lowest BCUT2D eigenvalue weighted by Crippen LogP contribution is -2.39. The van der Waals surface area contributed by atoms with Crippen LogP contribution in [0.4, 0.5) is 0 Å². The number of hydrogen-bond acceptors (Lipinski definition) is 4. The van der Waals surface area contributed by atoms with Crippen LogP contribution in [0.25, 0.3) is 0 Å². The van der Waals surface area contributed by atoms with E-state index in [0.29, 0.717) is 18.0 Å². The molecule has 2 aromatic carbocycles. The van der Waals surface area contributed by atoms with Crippen LogP contribution >= 0.6 is 11.6 Å². The molecule has 0 aliphatic rings. The van der Waals surface area contributed by atoms with Crippen molar-refractivity contribution in [1.82, 2.24) is 14.5 Å². The Labute approximate surface area is 210 Å². The Bertz CT molecular complexity index is 965. The zero-order chi connectivity index (χ0) is 25.0. The summed E-state index contributed by atoms with van der Waals surface area (Å²) in [5.41, 5.74) is 1.05. The van der Waals surface area contributed by atoms with Crippen molar-refractivity contribution >= 4 is 27.5 Å². The molecule has 6 nitrogen and oxygen atoms in total. The van der Waals surface area contributed by atoms with Crippen molar-refractivity contribution in [3.05, 3.63) is 65.2 Å². The topological polar surface area (TPSA) is 69.7 Å². The van der Waals surface area contributed by atoms with Crippen LogP contribution in [-0.2, 0) is 21.2 Å². The Kier molecular flexibility index (Phi) is 12.0. The largest absolute Gasteiger partial charge is 0.354 e. The van der Waals surface area contributed by atoms with E-state index < -0.39 is 10.0 Å². The Morgan fingerprint density at radius 1 is 0.971 bits per heavy atom. The molecule has 0 saturated heterocycles. The van der Waals surface area contributed by atoms with E-state index in [1.165, 1.54) is 16.4 Å². The summed E-state index contributed by atoms with van der Waals surface area (Å²) >= 11 is 5.94. The molecular formula is C26H38ClN3O3S. The molecule has 2 aromatic rings. The summed E-state index contributed by atoms with van der Waals surface area (Å²) in [5, 5.41) is 3.50. The van der Waals surface area contributed by atoms with Crippen LogP contribution in [0.2, 0.25) is 5.02 Å². The fourth-order valence-electron chi connectivity index (χ4n) is 3.81. The highest BCUT2D eigenvalue weighted by Gasteiger charge is 2.25. The van der Waals surface area contributed by atoms with Crippen molar-refractivity contribution < 1.29 is 13.2 Å². The first kappa shape index (κ1) is 28.3. The summed E-state index contributed by atoms with van der Waals surface area (Å²) in [7, 11) is -3.75. The maximum absolute atomic E-state index is 13.3. The first-order chi connectivity index (χ1) is 16.3. The van der Waals surface area contributed by atoms with Crippen molar-refractivity contribution in [3.8, 4) is 0 Å². The van der Waals surface area contributed by atoms with E-state index >= 15 is 0 Å². The third-order valence-electron chi connectivity index (χ3n) is 5.95. The summed E-state index contributed by atoms with van der Waals surface area (Å²) in [6, 6.07) is 15.9. The van der Waals surface area contributed by atoms with Gasteiger partial charge in [-0.3, -0.25) is 4.79 Å². The van der Waals surface area contributed by atoms with Crippen LogP contribution in [0.5, 0.6) is 0 Å². The quantitative estimate of drug-likeness (QED) is 0.383. The number of carbonyl (C=O) groups excluding carboxylic acids is 1. The number of halogens is 1. The Morgan fingerprint density at radius 3 is 2.24 bits per heavy atom. The maximum atomic E-state index is 13.3. The maximum Gasteiger partial charge on any atom is 0.243 e. The predicted octanol–water partition coefficient (Wildman–Crippen LogP) is 4.59. The number of nitrogens with one attached hydrogen (secondary N) is 1. The fraction of sp³-hybridized carbons (Fsp3) is 0.500. The lowest BCUT2D eigenvalue weighted by molar-refractivity contribution is -0.121. The molecule has 1 unspecified atom stereocenters. The molecule has 0 bridgehead atoms. The van der Waals surface area contributed by atoms with Crippen LogP contribution in [0.1, 0.15) is 45.6 Å². The second-order valence-corrected chi connectivity index (χ2v) is 10.9. The number of carbonyl (C=O) groups is 1. The molecule has 1 N–H and O–H groups in total. The van der Waals surface area contributed by atoms with Crippen molar-refractivity contribution in [1.29, 1.82) is 0 Å². The van der Waals surface area contributed by atoms with Gasteiger partial charge in [0.05, 0.1) is 4.90 Å². The SMILES string of the molecule is CCN(CC)CCCC(C)NC(=O)CCN(CCc1ccccc1)S(=O)(=O)c1ccc(Cl)cc1. The van der Waals surface area contributed by atoms with Gasteiger partial charge in [0.2, 0.25) is 15.9 Å². The van der Waals surface area contributed by atoms with Crippen LogP contribution in [-0.4, -0.2) is 62.3 Å². The Hall–Kier alpha value is -1.93. The van der Waals surface area contributed by atoms with Crippen molar-refractivity contribution in [3.63, 3.8) is 0 Å². The van der Waals surface area contributed by atoms with Gasteiger partial charge in [0, 0.05) is 30.6 Å². The zero-order valence-electron chi connectivity index (χ0n) is 20.5. The number of rotatable bonds is 15. The average molecular weight is 508 g/mol. The molecule has 0 aliphatic heterocycles. The smallest absolute Gasteiger partial charge is 0.243 e. The fourth-order valence-corrected chi connectivity index (χ4v) is 5.38. The van der Waals surface area contributed by atoms with E-state index in [-0.39, 0.29) is 29.8 Å². The zero-order valence-corrected chi connectivity index (χ0v) is 22.1. The number of benzene rings is 2. The Balaban J connectivity index is 1.98. The first-order valence-corrected chi connectivity index (χ1v) is 13.9. The second kappa shape index (κ2) is 14.5. The third kappa shape index (κ3) is 9.37. The number of hydrogen-bond donors (Lipinski definition) is 1. The Morgan fingerprint density at radius 2 is 1.62 bits per heavy atom. The monoisotopic (exact) mass is 507 g/mol. The van der Waals surface area contributed by atoms with E-state index in [4.69, 9.17) is 11.6 Å². The normalized spacial score (nSPS) is 12.8. The second-order valence-electron chi connectivity index (χ2n) is 8.48. The van der Waals surface area contributed by atoms with Gasteiger partial charge in [-0.2, -0.15) is 4.31 Å². The summed E-state index contributed by atoms with van der Waals surface area (Å²) in [6.07, 6.45) is 2.58. The molecule has 0 heterocycles. The molecule has 1 atom stereocenters. The van der Waals surface area contributed by atoms with Crippen LogP contribution in [0, 0.1) is 0 Å².